The lowest BCUT2D eigenvalue weighted by atomic mass is 9.77. The highest BCUT2D eigenvalue weighted by molar-refractivity contribution is 7.26. The van der Waals surface area contributed by atoms with Gasteiger partial charge in [0, 0.05) is 27.1 Å². The maximum atomic E-state index is 15.3. The SMILES string of the molecule is C.CCCC1CC=C(c2ccc3c(sc4c(F)c(OC(F)(F)F)ccc43)c2F)CC1.CCCC1CCC(c2ccc3c(sc4c(F)c(OC(F)(F)F)ccc43)c2F)CC1. The van der Waals surface area contributed by atoms with Crippen molar-refractivity contribution in [3.05, 3.63) is 89.0 Å². The van der Waals surface area contributed by atoms with Gasteiger partial charge in [-0.1, -0.05) is 77.3 Å². The molecule has 8 rings (SSSR count). The van der Waals surface area contributed by atoms with Gasteiger partial charge in [0.2, 0.25) is 0 Å². The van der Waals surface area contributed by atoms with Gasteiger partial charge in [-0.25, -0.2) is 17.6 Å². The number of thiophene rings is 2. The molecule has 1 fully saturated rings. The quantitative estimate of drug-likeness (QED) is 0.142. The molecule has 2 heterocycles. The summed E-state index contributed by atoms with van der Waals surface area (Å²) in [5.41, 5.74) is 2.06. The van der Waals surface area contributed by atoms with E-state index in [-0.39, 0.29) is 38.0 Å². The predicted octanol–water partition coefficient (Wildman–Crippen LogP) is 17.2. The van der Waals surface area contributed by atoms with E-state index >= 15 is 8.78 Å². The average molecular weight is 871 g/mol. The highest BCUT2D eigenvalue weighted by Gasteiger charge is 2.34. The van der Waals surface area contributed by atoms with Crippen molar-refractivity contribution in [2.24, 2.45) is 11.8 Å². The standard InChI is InChI=1S/C22H21F5OS.C22H19F5OS.CH4/c2*1-2-3-12-4-6-13(7-5-12)14-8-9-15-16-10-11-17(28-22(25,26)27)19(24)21(16)29-20(15)18(14)23;/h8-13H,2-7H2,1H3;6,8-12H,2-5,7H2,1H3;1H4. The van der Waals surface area contributed by atoms with Gasteiger partial charge in [-0.15, -0.1) is 49.0 Å². The van der Waals surface area contributed by atoms with Gasteiger partial charge in [-0.2, -0.15) is 0 Å². The van der Waals surface area contributed by atoms with Crippen LogP contribution in [-0.2, 0) is 0 Å². The van der Waals surface area contributed by atoms with Gasteiger partial charge >= 0.3 is 12.7 Å². The van der Waals surface area contributed by atoms with Crippen molar-refractivity contribution in [1.29, 1.82) is 0 Å². The van der Waals surface area contributed by atoms with Gasteiger partial charge in [0.25, 0.3) is 0 Å². The molecule has 2 aliphatic rings. The zero-order valence-electron chi connectivity index (χ0n) is 31.6. The van der Waals surface area contributed by atoms with E-state index in [2.05, 4.69) is 29.4 Å². The predicted molar refractivity (Wildman–Crippen MR) is 218 cm³/mol. The normalized spacial score (nSPS) is 18.8. The van der Waals surface area contributed by atoms with Crippen molar-refractivity contribution in [1.82, 2.24) is 0 Å². The molecule has 0 saturated heterocycles. The Balaban J connectivity index is 0.000000195. The van der Waals surface area contributed by atoms with Crippen molar-refractivity contribution < 1.29 is 53.4 Å². The first-order valence-corrected chi connectivity index (χ1v) is 21.1. The number of fused-ring (bicyclic) bond motifs is 6. The molecule has 0 radical (unpaired) electrons. The van der Waals surface area contributed by atoms with Crippen molar-refractivity contribution in [3.8, 4) is 11.5 Å². The maximum Gasteiger partial charge on any atom is 0.573 e. The van der Waals surface area contributed by atoms with Crippen molar-refractivity contribution in [2.75, 3.05) is 0 Å². The Bertz CT molecular complexity index is 2470. The van der Waals surface area contributed by atoms with E-state index in [0.717, 1.165) is 105 Å². The highest BCUT2D eigenvalue weighted by Crippen LogP contribution is 2.46. The van der Waals surface area contributed by atoms with E-state index in [1.165, 1.54) is 18.6 Å². The number of allylic oxidation sites excluding steroid dienone is 2. The molecule has 0 amide bonds. The molecular formula is C45H44F10O2S2. The summed E-state index contributed by atoms with van der Waals surface area (Å²) in [6.07, 6.45) is 3.46. The first kappa shape index (κ1) is 44.5. The molecule has 14 heteroatoms. The molecule has 1 atom stereocenters. The zero-order chi connectivity index (χ0) is 41.5. The van der Waals surface area contributed by atoms with Crippen LogP contribution in [0.4, 0.5) is 43.9 Å². The molecular weight excluding hydrogens is 827 g/mol. The fraction of sp³-hybridized carbons (Fsp3) is 0.422. The average Bonchev–Trinajstić information content (AvgIpc) is 3.75. The molecule has 4 aromatic carbocycles. The third-order valence-corrected chi connectivity index (χ3v) is 13.7. The van der Waals surface area contributed by atoms with E-state index in [0.29, 0.717) is 44.5 Å². The monoisotopic (exact) mass is 870 g/mol. The van der Waals surface area contributed by atoms with Crippen molar-refractivity contribution >= 4 is 68.6 Å². The number of benzene rings is 4. The van der Waals surface area contributed by atoms with Crippen LogP contribution in [0.2, 0.25) is 0 Å². The second-order valence-electron chi connectivity index (χ2n) is 15.1. The fourth-order valence-electron chi connectivity index (χ4n) is 8.60. The number of alkyl halides is 6. The van der Waals surface area contributed by atoms with E-state index in [9.17, 15) is 35.1 Å². The minimum Gasteiger partial charge on any atom is -0.403 e. The lowest BCUT2D eigenvalue weighted by Crippen LogP contribution is -2.17. The Hall–Kier alpha value is -4.04. The Labute approximate surface area is 343 Å². The Morgan fingerprint density at radius 3 is 1.49 bits per heavy atom. The molecule has 0 bridgehead atoms. The first-order valence-electron chi connectivity index (χ1n) is 19.4. The number of hydrogen-bond acceptors (Lipinski definition) is 4. The topological polar surface area (TPSA) is 18.5 Å². The van der Waals surface area contributed by atoms with Crippen LogP contribution in [0, 0.1) is 35.1 Å². The summed E-state index contributed by atoms with van der Waals surface area (Å²) in [7, 11) is 0. The van der Waals surface area contributed by atoms with Crippen LogP contribution in [0.1, 0.15) is 109 Å². The molecule has 0 spiro atoms. The lowest BCUT2D eigenvalue weighted by molar-refractivity contribution is -0.276. The number of hydrogen-bond donors (Lipinski definition) is 0. The van der Waals surface area contributed by atoms with Gasteiger partial charge in [0.1, 0.15) is 11.6 Å². The summed E-state index contributed by atoms with van der Waals surface area (Å²) in [4.78, 5) is 0. The third-order valence-electron chi connectivity index (χ3n) is 11.3. The van der Waals surface area contributed by atoms with Gasteiger partial charge < -0.3 is 9.47 Å². The molecule has 2 aliphatic carbocycles. The van der Waals surface area contributed by atoms with Crippen LogP contribution < -0.4 is 9.47 Å². The van der Waals surface area contributed by atoms with E-state index in [1.807, 2.05) is 0 Å². The van der Waals surface area contributed by atoms with Crippen LogP contribution in [0.5, 0.6) is 11.5 Å². The lowest BCUT2D eigenvalue weighted by Gasteiger charge is -2.28. The highest BCUT2D eigenvalue weighted by atomic mass is 32.1. The molecule has 6 aromatic rings. The largest absolute Gasteiger partial charge is 0.573 e. The Morgan fingerprint density at radius 2 is 1.02 bits per heavy atom. The fourth-order valence-corrected chi connectivity index (χ4v) is 10.9. The Kier molecular flexibility index (Phi) is 13.5. The molecule has 318 valence electrons. The second-order valence-corrected chi connectivity index (χ2v) is 17.2. The van der Waals surface area contributed by atoms with Crippen LogP contribution >= 0.6 is 22.7 Å². The summed E-state index contributed by atoms with van der Waals surface area (Å²) < 4.78 is 143. The smallest absolute Gasteiger partial charge is 0.403 e. The van der Waals surface area contributed by atoms with Gasteiger partial charge in [0.05, 0.1) is 18.8 Å². The van der Waals surface area contributed by atoms with Crippen molar-refractivity contribution in [3.63, 3.8) is 0 Å². The molecule has 2 nitrogen and oxygen atoms in total. The van der Waals surface area contributed by atoms with Crippen LogP contribution in [0.25, 0.3) is 45.9 Å². The van der Waals surface area contributed by atoms with Crippen LogP contribution in [0.15, 0.2) is 54.6 Å². The summed E-state index contributed by atoms with van der Waals surface area (Å²) >= 11 is 1.66. The van der Waals surface area contributed by atoms with E-state index in [1.54, 1.807) is 24.3 Å². The third kappa shape index (κ3) is 9.48. The molecule has 0 aliphatic heterocycles. The first-order chi connectivity index (χ1) is 27.6. The molecule has 1 unspecified atom stereocenters. The van der Waals surface area contributed by atoms with Gasteiger partial charge in [0.15, 0.2) is 23.1 Å². The van der Waals surface area contributed by atoms with Crippen molar-refractivity contribution in [2.45, 2.75) is 111 Å². The number of halogens is 10. The maximum absolute atomic E-state index is 15.3. The van der Waals surface area contributed by atoms with E-state index < -0.39 is 41.7 Å². The number of rotatable bonds is 8. The number of ether oxygens (including phenoxy) is 2. The summed E-state index contributed by atoms with van der Waals surface area (Å²) in [6.45, 7) is 4.32. The summed E-state index contributed by atoms with van der Waals surface area (Å²) in [6, 6.07) is 11.5. The molecule has 59 heavy (non-hydrogen) atoms. The minimum atomic E-state index is -4.99. The molecule has 1 saturated carbocycles. The van der Waals surface area contributed by atoms with Gasteiger partial charge in [-0.05, 0) is 98.1 Å². The minimum absolute atomic E-state index is 0. The van der Waals surface area contributed by atoms with Crippen LogP contribution in [0.3, 0.4) is 0 Å². The summed E-state index contributed by atoms with van der Waals surface area (Å²) in [5.74, 6) is -3.40. The summed E-state index contributed by atoms with van der Waals surface area (Å²) in [5, 5.41) is 1.78. The van der Waals surface area contributed by atoms with Gasteiger partial charge in [-0.3, -0.25) is 0 Å². The Morgan fingerprint density at radius 1 is 0.559 bits per heavy atom. The van der Waals surface area contributed by atoms with Crippen LogP contribution in [-0.4, -0.2) is 12.7 Å². The zero-order valence-corrected chi connectivity index (χ0v) is 33.3. The molecule has 0 N–H and O–H groups in total. The second kappa shape index (κ2) is 17.9. The van der Waals surface area contributed by atoms with E-state index in [4.69, 9.17) is 0 Å². The molecule has 2 aromatic heterocycles.